The summed E-state index contributed by atoms with van der Waals surface area (Å²) in [7, 11) is -14.6. The molecule has 0 spiro atoms. The third kappa shape index (κ3) is 6.63. The fourth-order valence-corrected chi connectivity index (χ4v) is 6.88. The molecule has 18 heteroatoms. The average molecular weight is 706 g/mol. The standard InChI is InChI=1S/C28H23N3O11S4/c1-14-3-5-16(6-4-14)43-42-25-12-18(45(36,37)38)9-20-15(2)22(8-7-19(20)25)30-31-23-13-26(46(39,40)41)21-10-17(44(33,34)35)11-24(32)27(21)28(23)29/h3-13,32H,29H2,1-2H3,(H,33,34,35)(H,36,37,38)(H,39,40,41). The lowest BCUT2D eigenvalue weighted by Gasteiger charge is -2.13. The summed E-state index contributed by atoms with van der Waals surface area (Å²) in [5.74, 6) is -0.709. The molecule has 0 bridgehead atoms. The van der Waals surface area contributed by atoms with Crippen molar-refractivity contribution in [3.63, 3.8) is 0 Å². The first-order valence-corrected chi connectivity index (χ1v) is 17.8. The Morgan fingerprint density at radius 1 is 0.696 bits per heavy atom. The molecule has 46 heavy (non-hydrogen) atoms. The normalized spacial score (nSPS) is 12.7. The first-order chi connectivity index (χ1) is 21.3. The number of benzene rings is 5. The van der Waals surface area contributed by atoms with Crippen molar-refractivity contribution in [2.45, 2.75) is 33.4 Å². The number of aryl methyl sites for hydroxylation is 2. The minimum atomic E-state index is -5.06. The Hall–Kier alpha value is -4.30. The molecule has 0 unspecified atom stereocenters. The minimum absolute atomic E-state index is 0.124. The van der Waals surface area contributed by atoms with E-state index in [1.807, 2.05) is 31.2 Å². The van der Waals surface area contributed by atoms with Crippen LogP contribution in [-0.4, -0.2) is 44.0 Å². The van der Waals surface area contributed by atoms with Gasteiger partial charge in [0.15, 0.2) is 0 Å². The first kappa shape index (κ1) is 33.1. The van der Waals surface area contributed by atoms with E-state index in [4.69, 9.17) is 9.92 Å². The summed E-state index contributed by atoms with van der Waals surface area (Å²) in [6, 6.07) is 15.0. The Morgan fingerprint density at radius 2 is 1.28 bits per heavy atom. The van der Waals surface area contributed by atoms with E-state index in [-0.39, 0.29) is 22.8 Å². The van der Waals surface area contributed by atoms with Crippen LogP contribution in [0.5, 0.6) is 11.5 Å². The van der Waals surface area contributed by atoms with Crippen LogP contribution in [0.4, 0.5) is 17.1 Å². The summed E-state index contributed by atoms with van der Waals surface area (Å²) in [6.45, 7) is 3.50. The molecular weight excluding hydrogens is 683 g/mol. The number of phenols is 1. The lowest BCUT2D eigenvalue weighted by Crippen LogP contribution is -2.04. The maximum absolute atomic E-state index is 12.2. The summed E-state index contributed by atoms with van der Waals surface area (Å²) in [5, 5.41) is 18.5. The van der Waals surface area contributed by atoms with E-state index in [9.17, 15) is 44.0 Å². The number of azo groups is 1. The molecule has 5 aromatic carbocycles. The van der Waals surface area contributed by atoms with Crippen LogP contribution < -0.4 is 9.92 Å². The molecule has 0 aromatic heterocycles. The van der Waals surface area contributed by atoms with Crippen LogP contribution in [-0.2, 0) is 30.4 Å². The van der Waals surface area contributed by atoms with Gasteiger partial charge in [-0.05, 0) is 67.3 Å². The zero-order valence-corrected chi connectivity index (χ0v) is 26.9. The number of rotatable bonds is 8. The Labute approximate surface area is 267 Å². The van der Waals surface area contributed by atoms with Crippen molar-refractivity contribution >= 4 is 81.0 Å². The van der Waals surface area contributed by atoms with Crippen LogP contribution in [0.1, 0.15) is 11.1 Å². The van der Waals surface area contributed by atoms with Gasteiger partial charge in [-0.2, -0.15) is 30.4 Å². The smallest absolute Gasteiger partial charge is 0.295 e. The van der Waals surface area contributed by atoms with Crippen molar-refractivity contribution in [1.29, 1.82) is 0 Å². The maximum Gasteiger partial charge on any atom is 0.295 e. The number of hydrogen-bond acceptors (Lipinski definition) is 12. The highest BCUT2D eigenvalue weighted by Gasteiger charge is 2.24. The van der Waals surface area contributed by atoms with Gasteiger partial charge in [0.2, 0.25) is 0 Å². The second-order valence-electron chi connectivity index (χ2n) is 10.0. The number of aromatic hydroxyl groups is 1. The molecule has 6 N–H and O–H groups in total. The molecule has 0 radical (unpaired) electrons. The molecule has 0 aliphatic carbocycles. The highest BCUT2D eigenvalue weighted by molar-refractivity contribution is 7.95. The average Bonchev–Trinajstić information content (AvgIpc) is 2.95. The van der Waals surface area contributed by atoms with E-state index < -0.39 is 61.6 Å². The van der Waals surface area contributed by atoms with Crippen molar-refractivity contribution < 1.29 is 48.2 Å². The SMILES string of the molecule is Cc1ccc(SOc2cc(S(=O)(=O)O)cc3c(C)c(N=Nc4cc(S(=O)(=O)O)c5cc(S(=O)(=O)O)cc(O)c5c4N)ccc23)cc1. The van der Waals surface area contributed by atoms with E-state index >= 15 is 0 Å². The number of nitrogens with two attached hydrogens (primary N) is 1. The number of phenolic OH excluding ortho intramolecular Hbond substituents is 1. The van der Waals surface area contributed by atoms with Crippen molar-refractivity contribution in [2.75, 3.05) is 5.73 Å². The third-order valence-corrected chi connectivity index (χ3v) is 10.2. The number of fused-ring (bicyclic) bond motifs is 2. The predicted octanol–water partition coefficient (Wildman–Crippen LogP) is 6.14. The van der Waals surface area contributed by atoms with Crippen LogP contribution >= 0.6 is 12.0 Å². The topological polar surface area (TPSA) is 243 Å². The Balaban J connectivity index is 1.64. The third-order valence-electron chi connectivity index (χ3n) is 6.87. The first-order valence-electron chi connectivity index (χ1n) is 12.8. The van der Waals surface area contributed by atoms with Gasteiger partial charge < -0.3 is 15.0 Å². The van der Waals surface area contributed by atoms with Crippen molar-refractivity contribution in [3.05, 3.63) is 77.9 Å². The predicted molar refractivity (Wildman–Crippen MR) is 170 cm³/mol. The largest absolute Gasteiger partial charge is 0.507 e. The van der Waals surface area contributed by atoms with E-state index in [0.717, 1.165) is 28.6 Å². The van der Waals surface area contributed by atoms with Gasteiger partial charge in [0.05, 0.1) is 38.6 Å². The summed E-state index contributed by atoms with van der Waals surface area (Å²) >= 11 is 0.974. The van der Waals surface area contributed by atoms with Gasteiger partial charge in [0.25, 0.3) is 30.4 Å². The summed E-state index contributed by atoms with van der Waals surface area (Å²) in [6.07, 6.45) is 0. The number of nitrogens with zero attached hydrogens (tertiary/aromatic N) is 2. The van der Waals surface area contributed by atoms with E-state index in [0.29, 0.717) is 28.5 Å². The van der Waals surface area contributed by atoms with Gasteiger partial charge >= 0.3 is 0 Å². The van der Waals surface area contributed by atoms with Crippen LogP contribution in [0, 0.1) is 13.8 Å². The molecule has 240 valence electrons. The molecular formula is C28H23N3O11S4. The fourth-order valence-electron chi connectivity index (χ4n) is 4.56. The maximum atomic E-state index is 12.2. The fraction of sp³-hybridized carbons (Fsp3) is 0.0714. The molecule has 14 nitrogen and oxygen atoms in total. The summed E-state index contributed by atoms with van der Waals surface area (Å²) in [4.78, 5) is -1.45. The molecule has 0 saturated heterocycles. The number of hydrogen-bond donors (Lipinski definition) is 5. The summed E-state index contributed by atoms with van der Waals surface area (Å²) < 4.78 is 107. The van der Waals surface area contributed by atoms with Gasteiger partial charge in [-0.25, -0.2) is 0 Å². The van der Waals surface area contributed by atoms with Crippen molar-refractivity contribution in [2.24, 2.45) is 10.2 Å². The van der Waals surface area contributed by atoms with Gasteiger partial charge in [-0.3, -0.25) is 13.7 Å². The quantitative estimate of drug-likeness (QED) is 0.0528. The number of anilines is 1. The molecule has 0 amide bonds. The highest BCUT2D eigenvalue weighted by atomic mass is 32.2. The Morgan fingerprint density at radius 3 is 1.89 bits per heavy atom. The van der Waals surface area contributed by atoms with Crippen LogP contribution in [0.15, 0.2) is 96.5 Å². The molecule has 0 heterocycles. The molecule has 5 aromatic rings. The van der Waals surface area contributed by atoms with Crippen LogP contribution in [0.3, 0.4) is 0 Å². The lowest BCUT2D eigenvalue weighted by atomic mass is 10.0. The second-order valence-corrected chi connectivity index (χ2v) is 15.0. The molecule has 0 saturated carbocycles. The van der Waals surface area contributed by atoms with Crippen molar-refractivity contribution in [1.82, 2.24) is 0 Å². The molecule has 0 aliphatic rings. The van der Waals surface area contributed by atoms with Gasteiger partial charge in [0, 0.05) is 27.8 Å². The second kappa shape index (κ2) is 11.8. The summed E-state index contributed by atoms with van der Waals surface area (Å²) in [5.41, 5.74) is 7.00. The van der Waals surface area contributed by atoms with E-state index in [1.54, 1.807) is 13.0 Å². The lowest BCUT2D eigenvalue weighted by molar-refractivity contribution is 0.470. The van der Waals surface area contributed by atoms with Gasteiger partial charge in [0.1, 0.15) is 22.1 Å². The number of nitrogen functional groups attached to an aromatic ring is 1. The van der Waals surface area contributed by atoms with Crippen molar-refractivity contribution in [3.8, 4) is 11.5 Å². The molecule has 0 aliphatic heterocycles. The molecule has 5 rings (SSSR count). The van der Waals surface area contributed by atoms with Crippen LogP contribution in [0.2, 0.25) is 0 Å². The molecule has 0 fully saturated rings. The zero-order valence-electron chi connectivity index (χ0n) is 23.6. The van der Waals surface area contributed by atoms with Gasteiger partial charge in [-0.15, -0.1) is 5.11 Å². The minimum Gasteiger partial charge on any atom is -0.507 e. The Kier molecular flexibility index (Phi) is 8.49. The van der Waals surface area contributed by atoms with Gasteiger partial charge in [-0.1, -0.05) is 17.7 Å². The zero-order chi connectivity index (χ0) is 33.8. The van der Waals surface area contributed by atoms with E-state index in [2.05, 4.69) is 10.2 Å². The Bertz CT molecular complexity index is 2430. The molecule has 0 atom stereocenters. The van der Waals surface area contributed by atoms with E-state index in [1.165, 1.54) is 18.2 Å². The monoisotopic (exact) mass is 705 g/mol. The van der Waals surface area contributed by atoms with Crippen LogP contribution in [0.25, 0.3) is 21.5 Å². The highest BCUT2D eigenvalue weighted by Crippen LogP contribution is 2.43.